The zero-order valence-corrected chi connectivity index (χ0v) is 12.3. The Labute approximate surface area is 124 Å². The Hall–Kier alpha value is -2.27. The van der Waals surface area contributed by atoms with Crippen molar-refractivity contribution in [3.63, 3.8) is 0 Å². The van der Waals surface area contributed by atoms with Gasteiger partial charge in [-0.3, -0.25) is 9.88 Å². The molecule has 2 heterocycles. The third-order valence-electron chi connectivity index (χ3n) is 3.82. The molecule has 3 rings (SSSR count). The summed E-state index contributed by atoms with van der Waals surface area (Å²) in [7, 11) is 3.27. The lowest BCUT2D eigenvalue weighted by Crippen LogP contribution is -2.17. The quantitative estimate of drug-likeness (QED) is 0.873. The van der Waals surface area contributed by atoms with Crippen molar-refractivity contribution in [3.05, 3.63) is 47.3 Å². The zero-order chi connectivity index (χ0) is 14.8. The summed E-state index contributed by atoms with van der Waals surface area (Å²) >= 11 is 0. The second-order valence-corrected chi connectivity index (χ2v) is 5.12. The molecule has 110 valence electrons. The summed E-state index contributed by atoms with van der Waals surface area (Å²) in [4.78, 5) is 6.73. The lowest BCUT2D eigenvalue weighted by atomic mass is 10.1. The van der Waals surface area contributed by atoms with E-state index in [0.717, 1.165) is 24.5 Å². The van der Waals surface area contributed by atoms with Crippen LogP contribution in [0.1, 0.15) is 16.8 Å². The molecule has 1 aliphatic heterocycles. The van der Waals surface area contributed by atoms with Gasteiger partial charge in [0, 0.05) is 37.6 Å². The molecule has 1 aromatic heterocycles. The molecule has 21 heavy (non-hydrogen) atoms. The highest BCUT2D eigenvalue weighted by atomic mass is 16.5. The van der Waals surface area contributed by atoms with E-state index in [-0.39, 0.29) is 0 Å². The lowest BCUT2D eigenvalue weighted by Gasteiger charge is -2.17. The molecule has 0 unspecified atom stereocenters. The van der Waals surface area contributed by atoms with Gasteiger partial charge in [0.15, 0.2) is 11.5 Å². The van der Waals surface area contributed by atoms with E-state index >= 15 is 0 Å². The van der Waals surface area contributed by atoms with Crippen LogP contribution in [0, 0.1) is 0 Å². The van der Waals surface area contributed by atoms with Crippen molar-refractivity contribution in [2.75, 3.05) is 20.0 Å². The van der Waals surface area contributed by atoms with Gasteiger partial charge in [-0.05, 0) is 17.2 Å². The SMILES string of the molecule is COc1ccnc(CN2Cc3cccc(N)c3C2)c1OC. The number of rotatable bonds is 4. The van der Waals surface area contributed by atoms with E-state index in [1.807, 2.05) is 12.1 Å². The Morgan fingerprint density at radius 3 is 2.76 bits per heavy atom. The molecule has 5 heteroatoms. The van der Waals surface area contributed by atoms with Crippen molar-refractivity contribution >= 4 is 5.69 Å². The molecule has 0 saturated carbocycles. The van der Waals surface area contributed by atoms with Crippen LogP contribution in [0.25, 0.3) is 0 Å². The fourth-order valence-electron chi connectivity index (χ4n) is 2.80. The van der Waals surface area contributed by atoms with Gasteiger partial charge in [0.1, 0.15) is 5.69 Å². The molecule has 1 aliphatic rings. The van der Waals surface area contributed by atoms with Crippen molar-refractivity contribution in [3.8, 4) is 11.5 Å². The Bertz CT molecular complexity index is 658. The first-order chi connectivity index (χ1) is 10.2. The number of hydrogen-bond donors (Lipinski definition) is 1. The molecule has 2 aromatic rings. The highest BCUT2D eigenvalue weighted by Crippen LogP contribution is 2.33. The van der Waals surface area contributed by atoms with Crippen molar-refractivity contribution in [2.24, 2.45) is 0 Å². The molecule has 0 aliphatic carbocycles. The minimum atomic E-state index is 0.698. The van der Waals surface area contributed by atoms with Crippen LogP contribution in [0.2, 0.25) is 0 Å². The summed E-state index contributed by atoms with van der Waals surface area (Å²) in [5.41, 5.74) is 10.3. The minimum Gasteiger partial charge on any atom is -0.493 e. The van der Waals surface area contributed by atoms with E-state index in [1.54, 1.807) is 26.5 Å². The van der Waals surface area contributed by atoms with Crippen molar-refractivity contribution in [1.82, 2.24) is 9.88 Å². The van der Waals surface area contributed by atoms with Gasteiger partial charge in [-0.2, -0.15) is 0 Å². The Morgan fingerprint density at radius 2 is 2.05 bits per heavy atom. The lowest BCUT2D eigenvalue weighted by molar-refractivity contribution is 0.263. The number of anilines is 1. The fraction of sp³-hybridized carbons (Fsp3) is 0.312. The standard InChI is InChI=1S/C16H19N3O2/c1-20-15-6-7-18-14(16(15)21-2)10-19-8-11-4-3-5-13(17)12(11)9-19/h3-7H,8-10,17H2,1-2H3. The number of benzene rings is 1. The van der Waals surface area contributed by atoms with Crippen LogP contribution in [0.4, 0.5) is 5.69 Å². The maximum atomic E-state index is 6.04. The van der Waals surface area contributed by atoms with Gasteiger partial charge in [-0.1, -0.05) is 12.1 Å². The molecule has 0 fully saturated rings. The first kappa shape index (κ1) is 13.7. The molecule has 5 nitrogen and oxygen atoms in total. The summed E-state index contributed by atoms with van der Waals surface area (Å²) in [5.74, 6) is 1.41. The van der Waals surface area contributed by atoms with Crippen LogP contribution < -0.4 is 15.2 Å². The van der Waals surface area contributed by atoms with Crippen LogP contribution in [-0.2, 0) is 19.6 Å². The third-order valence-corrected chi connectivity index (χ3v) is 3.82. The molecule has 0 spiro atoms. The van der Waals surface area contributed by atoms with Crippen molar-refractivity contribution in [1.29, 1.82) is 0 Å². The third kappa shape index (κ3) is 2.52. The normalized spacial score (nSPS) is 14.0. The molecular weight excluding hydrogens is 266 g/mol. The maximum absolute atomic E-state index is 6.04. The number of fused-ring (bicyclic) bond motifs is 1. The highest BCUT2D eigenvalue weighted by Gasteiger charge is 2.23. The molecule has 0 atom stereocenters. The highest BCUT2D eigenvalue weighted by molar-refractivity contribution is 5.52. The molecule has 2 N–H and O–H groups in total. The Morgan fingerprint density at radius 1 is 1.19 bits per heavy atom. The summed E-state index contributed by atoms with van der Waals surface area (Å²) in [6.07, 6.45) is 1.74. The smallest absolute Gasteiger partial charge is 0.183 e. The van der Waals surface area contributed by atoms with E-state index in [9.17, 15) is 0 Å². The van der Waals surface area contributed by atoms with Gasteiger partial charge in [0.2, 0.25) is 0 Å². The van der Waals surface area contributed by atoms with Crippen LogP contribution in [-0.4, -0.2) is 24.1 Å². The van der Waals surface area contributed by atoms with Gasteiger partial charge in [-0.25, -0.2) is 0 Å². The minimum absolute atomic E-state index is 0.698. The van der Waals surface area contributed by atoms with Crippen LogP contribution in [0.15, 0.2) is 30.5 Å². The Kier molecular flexibility index (Phi) is 3.66. The number of pyridine rings is 1. The predicted molar refractivity (Wildman–Crippen MR) is 81.1 cm³/mol. The van der Waals surface area contributed by atoms with E-state index in [0.29, 0.717) is 18.0 Å². The van der Waals surface area contributed by atoms with Gasteiger partial charge < -0.3 is 15.2 Å². The van der Waals surface area contributed by atoms with Gasteiger partial charge in [0.25, 0.3) is 0 Å². The Balaban J connectivity index is 1.82. The largest absolute Gasteiger partial charge is 0.493 e. The number of nitrogens with two attached hydrogens (primary N) is 1. The maximum Gasteiger partial charge on any atom is 0.183 e. The molecule has 0 bridgehead atoms. The molecule has 0 amide bonds. The first-order valence-corrected chi connectivity index (χ1v) is 6.87. The van der Waals surface area contributed by atoms with Crippen LogP contribution in [0.5, 0.6) is 11.5 Å². The van der Waals surface area contributed by atoms with Crippen molar-refractivity contribution < 1.29 is 9.47 Å². The first-order valence-electron chi connectivity index (χ1n) is 6.87. The number of nitrogen functional groups attached to an aromatic ring is 1. The number of hydrogen-bond acceptors (Lipinski definition) is 5. The van der Waals surface area contributed by atoms with Gasteiger partial charge in [0.05, 0.1) is 14.2 Å². The topological polar surface area (TPSA) is 60.6 Å². The van der Waals surface area contributed by atoms with Crippen molar-refractivity contribution in [2.45, 2.75) is 19.6 Å². The number of nitrogens with zero attached hydrogens (tertiary/aromatic N) is 2. The van der Waals surface area contributed by atoms with Gasteiger partial charge >= 0.3 is 0 Å². The predicted octanol–water partition coefficient (Wildman–Crippen LogP) is 2.20. The van der Waals surface area contributed by atoms with Crippen LogP contribution in [0.3, 0.4) is 0 Å². The number of methoxy groups -OCH3 is 2. The van der Waals surface area contributed by atoms with Crippen LogP contribution >= 0.6 is 0 Å². The van der Waals surface area contributed by atoms with E-state index < -0.39 is 0 Å². The van der Waals surface area contributed by atoms with E-state index in [4.69, 9.17) is 15.2 Å². The average Bonchev–Trinajstić information content (AvgIpc) is 2.91. The molecule has 0 saturated heterocycles. The number of ether oxygens (including phenoxy) is 2. The fourth-order valence-corrected chi connectivity index (χ4v) is 2.80. The van der Waals surface area contributed by atoms with E-state index in [1.165, 1.54) is 11.1 Å². The summed E-state index contributed by atoms with van der Waals surface area (Å²) < 4.78 is 10.8. The summed E-state index contributed by atoms with van der Waals surface area (Å²) in [5, 5.41) is 0. The molecular formula is C16H19N3O2. The second kappa shape index (κ2) is 5.61. The number of aromatic nitrogens is 1. The molecule has 1 aromatic carbocycles. The zero-order valence-electron chi connectivity index (χ0n) is 12.3. The average molecular weight is 285 g/mol. The van der Waals surface area contributed by atoms with E-state index in [2.05, 4.69) is 16.0 Å². The monoisotopic (exact) mass is 285 g/mol. The summed E-state index contributed by atoms with van der Waals surface area (Å²) in [6, 6.07) is 7.88. The van der Waals surface area contributed by atoms with Gasteiger partial charge in [-0.15, -0.1) is 0 Å². The molecule has 0 radical (unpaired) electrons. The summed E-state index contributed by atoms with van der Waals surface area (Å²) in [6.45, 7) is 2.42. The second-order valence-electron chi connectivity index (χ2n) is 5.12.